The van der Waals surface area contributed by atoms with E-state index in [0.29, 0.717) is 22.8 Å². The predicted octanol–water partition coefficient (Wildman–Crippen LogP) is 2.32. The van der Waals surface area contributed by atoms with Gasteiger partial charge in [-0.1, -0.05) is 18.5 Å². The third kappa shape index (κ3) is 3.96. The van der Waals surface area contributed by atoms with Crippen LogP contribution < -0.4 is 5.32 Å². The molecule has 2 N–H and O–H groups in total. The SMILES string of the molecule is CCC(C)(CCO)NC(=O)c1cc(C)nc(Cl)c1. The summed E-state index contributed by atoms with van der Waals surface area (Å²) in [6.45, 7) is 5.72. The quantitative estimate of drug-likeness (QED) is 0.807. The van der Waals surface area contributed by atoms with E-state index in [4.69, 9.17) is 16.7 Å². The first-order valence-electron chi connectivity index (χ1n) is 5.98. The molecular weight excluding hydrogens is 252 g/mol. The van der Waals surface area contributed by atoms with Crippen LogP contribution in [0.3, 0.4) is 0 Å². The lowest BCUT2D eigenvalue weighted by molar-refractivity contribution is 0.0886. The van der Waals surface area contributed by atoms with Crippen LogP contribution in [0.25, 0.3) is 0 Å². The van der Waals surface area contributed by atoms with Gasteiger partial charge in [0.2, 0.25) is 0 Å². The van der Waals surface area contributed by atoms with Crippen LogP contribution in [0, 0.1) is 6.92 Å². The largest absolute Gasteiger partial charge is 0.396 e. The molecule has 100 valence electrons. The first-order valence-corrected chi connectivity index (χ1v) is 6.35. The summed E-state index contributed by atoms with van der Waals surface area (Å²) >= 11 is 5.83. The van der Waals surface area contributed by atoms with Crippen molar-refractivity contribution in [2.24, 2.45) is 0 Å². The van der Waals surface area contributed by atoms with Crippen LogP contribution in [-0.2, 0) is 0 Å². The van der Waals surface area contributed by atoms with E-state index in [9.17, 15) is 4.79 Å². The topological polar surface area (TPSA) is 62.2 Å². The van der Waals surface area contributed by atoms with Gasteiger partial charge in [0.1, 0.15) is 5.15 Å². The Labute approximate surface area is 112 Å². The summed E-state index contributed by atoms with van der Waals surface area (Å²) in [6, 6.07) is 3.23. The predicted molar refractivity (Wildman–Crippen MR) is 71.8 cm³/mol. The molecule has 0 bridgehead atoms. The fourth-order valence-corrected chi connectivity index (χ4v) is 1.93. The van der Waals surface area contributed by atoms with Crippen LogP contribution in [0.1, 0.15) is 42.7 Å². The number of nitrogens with zero attached hydrogens (tertiary/aromatic N) is 1. The molecule has 0 aliphatic carbocycles. The van der Waals surface area contributed by atoms with Gasteiger partial charge < -0.3 is 10.4 Å². The fourth-order valence-electron chi connectivity index (χ4n) is 1.68. The summed E-state index contributed by atoms with van der Waals surface area (Å²) in [6.07, 6.45) is 1.27. The maximum Gasteiger partial charge on any atom is 0.251 e. The number of halogens is 1. The molecule has 4 nitrogen and oxygen atoms in total. The van der Waals surface area contributed by atoms with Crippen molar-refractivity contribution in [1.29, 1.82) is 0 Å². The van der Waals surface area contributed by atoms with Crippen molar-refractivity contribution in [3.63, 3.8) is 0 Å². The fraction of sp³-hybridized carbons (Fsp3) is 0.538. The molecule has 18 heavy (non-hydrogen) atoms. The molecule has 1 rings (SSSR count). The molecule has 0 aliphatic rings. The Balaban J connectivity index is 2.87. The van der Waals surface area contributed by atoms with Crippen LogP contribution in [0.2, 0.25) is 5.15 Å². The second kappa shape index (κ2) is 6.16. The molecule has 1 amide bonds. The number of carbonyl (C=O) groups excluding carboxylic acids is 1. The van der Waals surface area contributed by atoms with Crippen LogP contribution in [0.5, 0.6) is 0 Å². The second-order valence-electron chi connectivity index (χ2n) is 4.66. The molecule has 0 aromatic carbocycles. The average molecular weight is 271 g/mol. The highest BCUT2D eigenvalue weighted by Crippen LogP contribution is 2.16. The van der Waals surface area contributed by atoms with Crippen molar-refractivity contribution in [3.05, 3.63) is 28.5 Å². The zero-order valence-corrected chi connectivity index (χ0v) is 11.7. The van der Waals surface area contributed by atoms with Gasteiger partial charge in [-0.2, -0.15) is 0 Å². The molecule has 1 heterocycles. The molecule has 1 aromatic rings. The first kappa shape index (κ1) is 14.9. The van der Waals surface area contributed by atoms with Gasteiger partial charge in [-0.25, -0.2) is 4.98 Å². The van der Waals surface area contributed by atoms with Gasteiger partial charge in [0.15, 0.2) is 0 Å². The lowest BCUT2D eigenvalue weighted by Gasteiger charge is -2.29. The highest BCUT2D eigenvalue weighted by Gasteiger charge is 2.24. The minimum Gasteiger partial charge on any atom is -0.396 e. The number of amides is 1. The molecule has 0 spiro atoms. The van der Waals surface area contributed by atoms with Gasteiger partial charge in [-0.3, -0.25) is 4.79 Å². The molecule has 0 radical (unpaired) electrons. The molecule has 0 saturated heterocycles. The highest BCUT2D eigenvalue weighted by molar-refractivity contribution is 6.29. The number of nitrogens with one attached hydrogen (secondary N) is 1. The van der Waals surface area contributed by atoms with E-state index >= 15 is 0 Å². The average Bonchev–Trinajstić information content (AvgIpc) is 2.28. The van der Waals surface area contributed by atoms with E-state index < -0.39 is 5.54 Å². The van der Waals surface area contributed by atoms with Crippen LogP contribution in [0.15, 0.2) is 12.1 Å². The monoisotopic (exact) mass is 270 g/mol. The zero-order valence-electron chi connectivity index (χ0n) is 11.0. The summed E-state index contributed by atoms with van der Waals surface area (Å²) in [7, 11) is 0. The van der Waals surface area contributed by atoms with Gasteiger partial charge in [-0.15, -0.1) is 0 Å². The van der Waals surface area contributed by atoms with Gasteiger partial charge in [0, 0.05) is 23.4 Å². The Morgan fingerprint density at radius 3 is 2.72 bits per heavy atom. The molecule has 0 aliphatic heterocycles. The number of hydrogen-bond acceptors (Lipinski definition) is 3. The Hall–Kier alpha value is -1.13. The van der Waals surface area contributed by atoms with E-state index in [1.807, 2.05) is 13.8 Å². The normalized spacial score (nSPS) is 14.1. The van der Waals surface area contributed by atoms with Gasteiger partial charge in [0.25, 0.3) is 5.91 Å². The first-order chi connectivity index (χ1) is 8.40. The number of rotatable bonds is 5. The number of carbonyl (C=O) groups is 1. The molecular formula is C13H19ClN2O2. The number of aryl methyl sites for hydroxylation is 1. The van der Waals surface area contributed by atoms with Crippen LogP contribution >= 0.6 is 11.6 Å². The molecule has 0 saturated carbocycles. The van der Waals surface area contributed by atoms with Crippen molar-refractivity contribution >= 4 is 17.5 Å². The van der Waals surface area contributed by atoms with Crippen molar-refractivity contribution in [2.75, 3.05) is 6.61 Å². The Kier molecular flexibility index (Phi) is 5.11. The van der Waals surface area contributed by atoms with Crippen molar-refractivity contribution in [2.45, 2.75) is 39.2 Å². The lowest BCUT2D eigenvalue weighted by Crippen LogP contribution is -2.46. The van der Waals surface area contributed by atoms with Gasteiger partial charge in [-0.05, 0) is 38.8 Å². The third-order valence-electron chi connectivity index (χ3n) is 3.04. The minimum atomic E-state index is -0.407. The van der Waals surface area contributed by atoms with Gasteiger partial charge >= 0.3 is 0 Å². The van der Waals surface area contributed by atoms with E-state index in [1.165, 1.54) is 0 Å². The molecule has 1 aromatic heterocycles. The molecule has 1 atom stereocenters. The maximum absolute atomic E-state index is 12.1. The number of pyridine rings is 1. The summed E-state index contributed by atoms with van der Waals surface area (Å²) in [5, 5.41) is 12.3. The molecule has 0 fully saturated rings. The molecule has 5 heteroatoms. The number of hydrogen-bond donors (Lipinski definition) is 2. The summed E-state index contributed by atoms with van der Waals surface area (Å²) in [5.41, 5.74) is 0.785. The van der Waals surface area contributed by atoms with Crippen LogP contribution in [-0.4, -0.2) is 28.1 Å². The summed E-state index contributed by atoms with van der Waals surface area (Å²) in [5.74, 6) is -0.194. The van der Waals surface area contributed by atoms with Crippen molar-refractivity contribution < 1.29 is 9.90 Å². The van der Waals surface area contributed by atoms with Gasteiger partial charge in [0.05, 0.1) is 0 Å². The van der Waals surface area contributed by atoms with E-state index in [0.717, 1.165) is 6.42 Å². The standard InChI is InChI=1S/C13H19ClN2O2/c1-4-13(3,5-6-17)16-12(18)10-7-9(2)15-11(14)8-10/h7-8,17H,4-6H2,1-3H3,(H,16,18). The van der Waals surface area contributed by atoms with E-state index in [2.05, 4.69) is 10.3 Å². The smallest absolute Gasteiger partial charge is 0.251 e. The van der Waals surface area contributed by atoms with Crippen molar-refractivity contribution in [1.82, 2.24) is 10.3 Å². The zero-order chi connectivity index (χ0) is 13.8. The Morgan fingerprint density at radius 2 is 2.22 bits per heavy atom. The lowest BCUT2D eigenvalue weighted by atomic mass is 9.94. The summed E-state index contributed by atoms with van der Waals surface area (Å²) < 4.78 is 0. The number of aliphatic hydroxyl groups excluding tert-OH is 1. The maximum atomic E-state index is 12.1. The minimum absolute atomic E-state index is 0.0424. The van der Waals surface area contributed by atoms with E-state index in [-0.39, 0.29) is 12.5 Å². The Bertz CT molecular complexity index is 417. The third-order valence-corrected chi connectivity index (χ3v) is 3.24. The van der Waals surface area contributed by atoms with E-state index in [1.54, 1.807) is 19.1 Å². The molecule has 1 unspecified atom stereocenters. The number of aliphatic hydroxyl groups is 1. The van der Waals surface area contributed by atoms with Crippen LogP contribution in [0.4, 0.5) is 0 Å². The second-order valence-corrected chi connectivity index (χ2v) is 5.05. The summed E-state index contributed by atoms with van der Waals surface area (Å²) in [4.78, 5) is 16.1. The van der Waals surface area contributed by atoms with Crippen molar-refractivity contribution in [3.8, 4) is 0 Å². The number of aromatic nitrogens is 1. The highest BCUT2D eigenvalue weighted by atomic mass is 35.5. The Morgan fingerprint density at radius 1 is 1.56 bits per heavy atom.